The molecule has 0 aliphatic rings. The van der Waals surface area contributed by atoms with E-state index in [0.29, 0.717) is 5.92 Å². The van der Waals surface area contributed by atoms with Gasteiger partial charge in [-0.25, -0.2) is 4.98 Å². The van der Waals surface area contributed by atoms with Gasteiger partial charge in [-0.15, -0.1) is 11.3 Å². The Morgan fingerprint density at radius 1 is 1.60 bits per heavy atom. The van der Waals surface area contributed by atoms with E-state index in [-0.39, 0.29) is 6.04 Å². The van der Waals surface area contributed by atoms with E-state index in [1.165, 1.54) is 0 Å². The highest BCUT2D eigenvalue weighted by Crippen LogP contribution is 2.14. The first-order valence-electron chi connectivity index (χ1n) is 5.27. The maximum atomic E-state index is 6.06. The minimum absolute atomic E-state index is 0.195. The third-order valence-corrected chi connectivity index (χ3v) is 3.25. The van der Waals surface area contributed by atoms with Crippen molar-refractivity contribution in [2.45, 2.75) is 32.7 Å². The summed E-state index contributed by atoms with van der Waals surface area (Å²) in [5, 5.41) is 3.21. The largest absolute Gasteiger partial charge is 0.384 e. The van der Waals surface area contributed by atoms with Crippen molar-refractivity contribution in [3.63, 3.8) is 0 Å². The molecule has 1 rings (SSSR count). The second-order valence-electron chi connectivity index (χ2n) is 4.14. The van der Waals surface area contributed by atoms with Crippen molar-refractivity contribution in [3.05, 3.63) is 16.1 Å². The maximum absolute atomic E-state index is 6.06. The molecule has 1 aromatic heterocycles. The minimum atomic E-state index is 0.195. The Hall–Kier alpha value is -0.450. The zero-order valence-electron chi connectivity index (χ0n) is 9.69. The molecule has 15 heavy (non-hydrogen) atoms. The van der Waals surface area contributed by atoms with Crippen molar-refractivity contribution in [2.24, 2.45) is 11.7 Å². The topological polar surface area (TPSA) is 48.1 Å². The van der Waals surface area contributed by atoms with Crippen LogP contribution in [0.4, 0.5) is 0 Å². The van der Waals surface area contributed by atoms with Gasteiger partial charge >= 0.3 is 0 Å². The van der Waals surface area contributed by atoms with Crippen LogP contribution in [0.1, 0.15) is 24.0 Å². The number of ether oxygens (including phenoxy) is 1. The average Bonchev–Trinajstić information content (AvgIpc) is 2.51. The van der Waals surface area contributed by atoms with Crippen molar-refractivity contribution in [3.8, 4) is 0 Å². The maximum Gasteiger partial charge on any atom is 0.0943 e. The Labute approximate surface area is 95.7 Å². The van der Waals surface area contributed by atoms with E-state index in [9.17, 15) is 0 Å². The third-order valence-electron chi connectivity index (χ3n) is 2.26. The first-order chi connectivity index (χ1) is 7.11. The Kier molecular flexibility index (Phi) is 5.22. The molecule has 2 N–H and O–H groups in total. The van der Waals surface area contributed by atoms with Crippen LogP contribution < -0.4 is 5.73 Å². The molecule has 0 amide bonds. The fourth-order valence-electron chi connectivity index (χ4n) is 1.67. The van der Waals surface area contributed by atoms with Crippen LogP contribution in [0.3, 0.4) is 0 Å². The molecule has 0 radical (unpaired) electrons. The number of methoxy groups -OCH3 is 1. The number of aryl methyl sites for hydroxylation is 1. The van der Waals surface area contributed by atoms with Gasteiger partial charge in [-0.1, -0.05) is 6.92 Å². The lowest BCUT2D eigenvalue weighted by molar-refractivity contribution is 0.152. The first kappa shape index (κ1) is 12.6. The molecule has 0 saturated carbocycles. The van der Waals surface area contributed by atoms with E-state index in [1.54, 1.807) is 18.4 Å². The number of hydrogen-bond acceptors (Lipinski definition) is 4. The summed E-state index contributed by atoms with van der Waals surface area (Å²) >= 11 is 1.70. The Morgan fingerprint density at radius 2 is 2.33 bits per heavy atom. The number of rotatable bonds is 6. The van der Waals surface area contributed by atoms with Crippen LogP contribution in [-0.2, 0) is 11.2 Å². The highest BCUT2D eigenvalue weighted by molar-refractivity contribution is 7.09. The second-order valence-corrected chi connectivity index (χ2v) is 5.09. The van der Waals surface area contributed by atoms with Crippen molar-refractivity contribution >= 4 is 11.3 Å². The second kappa shape index (κ2) is 6.20. The third kappa shape index (κ3) is 4.73. The zero-order valence-corrected chi connectivity index (χ0v) is 10.5. The smallest absolute Gasteiger partial charge is 0.0943 e. The molecule has 0 aliphatic carbocycles. The van der Waals surface area contributed by atoms with Crippen LogP contribution in [0.2, 0.25) is 0 Å². The number of nitrogens with zero attached hydrogens (tertiary/aromatic N) is 1. The summed E-state index contributed by atoms with van der Waals surface area (Å²) in [7, 11) is 1.73. The predicted molar refractivity (Wildman–Crippen MR) is 64.2 cm³/mol. The predicted octanol–water partition coefficient (Wildman–Crippen LogP) is 1.99. The molecule has 0 spiro atoms. The van der Waals surface area contributed by atoms with E-state index < -0.39 is 0 Å². The Morgan fingerprint density at radius 3 is 2.87 bits per heavy atom. The summed E-state index contributed by atoms with van der Waals surface area (Å²) in [5.41, 5.74) is 7.15. The van der Waals surface area contributed by atoms with E-state index >= 15 is 0 Å². The number of thiazole rings is 1. The quantitative estimate of drug-likeness (QED) is 0.810. The fourth-order valence-corrected chi connectivity index (χ4v) is 2.54. The molecule has 86 valence electrons. The fraction of sp³-hybridized carbons (Fsp3) is 0.727. The summed E-state index contributed by atoms with van der Waals surface area (Å²) < 4.78 is 5.09. The van der Waals surface area contributed by atoms with Crippen LogP contribution in [0.5, 0.6) is 0 Å². The molecule has 0 bridgehead atoms. The molecule has 2 unspecified atom stereocenters. The van der Waals surface area contributed by atoms with Gasteiger partial charge in [0.15, 0.2) is 0 Å². The molecule has 0 fully saturated rings. The first-order valence-corrected chi connectivity index (χ1v) is 6.15. The van der Waals surface area contributed by atoms with E-state index in [0.717, 1.165) is 30.2 Å². The lowest BCUT2D eigenvalue weighted by Crippen LogP contribution is -2.26. The van der Waals surface area contributed by atoms with Crippen LogP contribution in [0, 0.1) is 12.8 Å². The van der Waals surface area contributed by atoms with Crippen molar-refractivity contribution in [2.75, 3.05) is 13.7 Å². The molecular weight excluding hydrogens is 208 g/mol. The summed E-state index contributed by atoms with van der Waals surface area (Å²) in [5.74, 6) is 0.519. The van der Waals surface area contributed by atoms with Crippen molar-refractivity contribution in [1.82, 2.24) is 4.98 Å². The highest BCUT2D eigenvalue weighted by Gasteiger charge is 2.11. The molecular formula is C11H20N2OS. The number of aromatic nitrogens is 1. The van der Waals surface area contributed by atoms with Crippen molar-refractivity contribution in [1.29, 1.82) is 0 Å². The van der Waals surface area contributed by atoms with Crippen molar-refractivity contribution < 1.29 is 4.74 Å². The molecule has 0 saturated heterocycles. The normalized spacial score (nSPS) is 15.2. The van der Waals surface area contributed by atoms with Gasteiger partial charge in [-0.2, -0.15) is 0 Å². The van der Waals surface area contributed by atoms with Gasteiger partial charge in [0.2, 0.25) is 0 Å². The van der Waals surface area contributed by atoms with E-state index in [4.69, 9.17) is 10.5 Å². The van der Waals surface area contributed by atoms with Gasteiger partial charge < -0.3 is 10.5 Å². The monoisotopic (exact) mass is 228 g/mol. The van der Waals surface area contributed by atoms with Gasteiger partial charge in [0.1, 0.15) is 0 Å². The van der Waals surface area contributed by atoms with Gasteiger partial charge in [-0.05, 0) is 19.3 Å². The van der Waals surface area contributed by atoms with Gasteiger partial charge in [-0.3, -0.25) is 0 Å². The standard InChI is InChI=1S/C11H20N2OS/c1-8(6-14-3)4-10(12)5-11-13-9(2)7-15-11/h7-8,10H,4-6,12H2,1-3H3. The van der Waals surface area contributed by atoms with Crippen LogP contribution in [-0.4, -0.2) is 24.7 Å². The van der Waals surface area contributed by atoms with Crippen LogP contribution in [0.15, 0.2) is 5.38 Å². The minimum Gasteiger partial charge on any atom is -0.384 e. The summed E-state index contributed by atoms with van der Waals surface area (Å²) in [6.45, 7) is 4.96. The molecule has 0 aliphatic heterocycles. The van der Waals surface area contributed by atoms with E-state index in [2.05, 4.69) is 17.3 Å². The molecule has 2 atom stereocenters. The average molecular weight is 228 g/mol. The van der Waals surface area contributed by atoms with Gasteiger partial charge in [0.05, 0.1) is 5.01 Å². The molecule has 1 heterocycles. The van der Waals surface area contributed by atoms with Crippen LogP contribution in [0.25, 0.3) is 0 Å². The molecule has 4 heteroatoms. The lowest BCUT2D eigenvalue weighted by atomic mass is 10.0. The van der Waals surface area contributed by atoms with Gasteiger partial charge in [0, 0.05) is 37.3 Å². The molecule has 3 nitrogen and oxygen atoms in total. The SMILES string of the molecule is COCC(C)CC(N)Cc1nc(C)cs1. The highest BCUT2D eigenvalue weighted by atomic mass is 32.1. The molecule has 1 aromatic rings. The summed E-state index contributed by atoms with van der Waals surface area (Å²) in [6, 6.07) is 0.195. The Balaban J connectivity index is 2.32. The Bertz CT molecular complexity index is 288. The molecule has 0 aromatic carbocycles. The van der Waals surface area contributed by atoms with Gasteiger partial charge in [0.25, 0.3) is 0 Å². The van der Waals surface area contributed by atoms with E-state index in [1.807, 2.05) is 6.92 Å². The summed E-state index contributed by atoms with van der Waals surface area (Å²) in [6.07, 6.45) is 1.87. The van der Waals surface area contributed by atoms with Crippen LogP contribution >= 0.6 is 11.3 Å². The number of hydrogen-bond donors (Lipinski definition) is 1. The number of nitrogens with two attached hydrogens (primary N) is 1. The summed E-state index contributed by atoms with van der Waals surface area (Å²) in [4.78, 5) is 4.41. The zero-order chi connectivity index (χ0) is 11.3. The lowest BCUT2D eigenvalue weighted by Gasteiger charge is -2.15.